The first-order valence-electron chi connectivity index (χ1n) is 8.22. The minimum Gasteiger partial charge on any atom is -0.387 e. The van der Waals surface area contributed by atoms with E-state index in [-0.39, 0.29) is 6.54 Å². The molecule has 1 aliphatic rings. The lowest BCUT2D eigenvalue weighted by atomic mass is 10.0. The van der Waals surface area contributed by atoms with E-state index in [2.05, 4.69) is 5.32 Å². The van der Waals surface area contributed by atoms with Gasteiger partial charge in [-0.15, -0.1) is 0 Å². The maximum atomic E-state index is 12.9. The Morgan fingerprint density at radius 2 is 1.52 bits per heavy atom. The number of carbonyl (C=O) groups excluding carboxylic acids is 2. The lowest BCUT2D eigenvalue weighted by Crippen LogP contribution is -2.46. The first-order valence-corrected chi connectivity index (χ1v) is 8.22. The fourth-order valence-electron chi connectivity index (χ4n) is 3.14. The molecule has 0 aromatic heterocycles. The number of nitrogens with one attached hydrogen (secondary N) is 2. The summed E-state index contributed by atoms with van der Waals surface area (Å²) in [5, 5.41) is 14.9. The Balaban J connectivity index is 1.61. The van der Waals surface area contributed by atoms with Crippen LogP contribution in [0.25, 0.3) is 0 Å². The summed E-state index contributed by atoms with van der Waals surface area (Å²) >= 11 is 0. The molecule has 1 aliphatic carbocycles. The largest absolute Gasteiger partial charge is 0.418 e. The van der Waals surface area contributed by atoms with E-state index in [0.717, 1.165) is 23.3 Å². The fraction of sp³-hybridized carbons (Fsp3) is 0.263. The van der Waals surface area contributed by atoms with Gasteiger partial charge in [-0.05, 0) is 23.3 Å². The van der Waals surface area contributed by atoms with Crippen LogP contribution >= 0.6 is 0 Å². The molecule has 0 unspecified atom stereocenters. The van der Waals surface area contributed by atoms with Crippen molar-refractivity contribution in [2.45, 2.75) is 24.6 Å². The molecule has 3 rings (SSSR count). The zero-order valence-corrected chi connectivity index (χ0v) is 14.1. The molecule has 0 atom stereocenters. The number of aliphatic hydroxyl groups is 1. The molecule has 0 heterocycles. The summed E-state index contributed by atoms with van der Waals surface area (Å²) in [6.07, 6.45) is -4.02. The van der Waals surface area contributed by atoms with Gasteiger partial charge in [-0.3, -0.25) is 9.59 Å². The molecule has 0 saturated carbocycles. The molecule has 27 heavy (non-hydrogen) atoms. The highest BCUT2D eigenvalue weighted by atomic mass is 19.4. The van der Waals surface area contributed by atoms with Crippen LogP contribution in [0, 0.1) is 0 Å². The third-order valence-electron chi connectivity index (χ3n) is 4.42. The van der Waals surface area contributed by atoms with E-state index < -0.39 is 34.8 Å². The zero-order valence-electron chi connectivity index (χ0n) is 14.1. The molecular formula is C19H17F3N2O3. The predicted molar refractivity (Wildman–Crippen MR) is 91.9 cm³/mol. The van der Waals surface area contributed by atoms with Gasteiger partial charge in [0.2, 0.25) is 0 Å². The minimum absolute atomic E-state index is 0.186. The third kappa shape index (κ3) is 4.28. The topological polar surface area (TPSA) is 78.4 Å². The third-order valence-corrected chi connectivity index (χ3v) is 4.42. The summed E-state index contributed by atoms with van der Waals surface area (Å²) in [5.41, 5.74) is -0.868. The van der Waals surface area contributed by atoms with E-state index in [1.54, 1.807) is 0 Å². The standard InChI is InChI=1S/C19H17F3N2O3/c20-19(21,22)14-7-3-4-8-15(14)24-17(26)16(25)23-11-18(27)9-12-5-1-2-6-13(12)10-18/h1-8,27H,9-11H2,(H,23,25)(H,24,26). The molecule has 0 saturated heterocycles. The second-order valence-corrected chi connectivity index (χ2v) is 6.53. The Labute approximate surface area is 153 Å². The number of halogens is 3. The van der Waals surface area contributed by atoms with E-state index in [0.29, 0.717) is 12.8 Å². The molecule has 5 nitrogen and oxygen atoms in total. The molecule has 0 fully saturated rings. The predicted octanol–water partition coefficient (Wildman–Crippen LogP) is 2.29. The summed E-state index contributed by atoms with van der Waals surface area (Å²) in [5.74, 6) is -2.35. The van der Waals surface area contributed by atoms with Crippen molar-refractivity contribution in [1.82, 2.24) is 5.32 Å². The maximum Gasteiger partial charge on any atom is 0.418 e. The number of para-hydroxylation sites is 1. The number of benzene rings is 2. The molecule has 0 aliphatic heterocycles. The van der Waals surface area contributed by atoms with Crippen LogP contribution in [0.5, 0.6) is 0 Å². The van der Waals surface area contributed by atoms with Gasteiger partial charge < -0.3 is 15.7 Å². The Kier molecular flexibility index (Phi) is 4.93. The number of amides is 2. The van der Waals surface area contributed by atoms with Crippen LogP contribution in [0.2, 0.25) is 0 Å². The smallest absolute Gasteiger partial charge is 0.387 e. The number of hydrogen-bond acceptors (Lipinski definition) is 3. The van der Waals surface area contributed by atoms with Crippen molar-refractivity contribution >= 4 is 17.5 Å². The van der Waals surface area contributed by atoms with E-state index in [1.807, 2.05) is 29.6 Å². The highest BCUT2D eigenvalue weighted by molar-refractivity contribution is 6.39. The number of alkyl halides is 3. The molecule has 2 amide bonds. The second kappa shape index (κ2) is 7.03. The van der Waals surface area contributed by atoms with Crippen LogP contribution in [-0.4, -0.2) is 29.1 Å². The van der Waals surface area contributed by atoms with Gasteiger partial charge in [-0.25, -0.2) is 0 Å². The number of fused-ring (bicyclic) bond motifs is 1. The average Bonchev–Trinajstić information content (AvgIpc) is 2.95. The summed E-state index contributed by atoms with van der Waals surface area (Å²) in [4.78, 5) is 23.9. The molecule has 2 aromatic rings. The van der Waals surface area contributed by atoms with Gasteiger partial charge in [0, 0.05) is 19.4 Å². The van der Waals surface area contributed by atoms with Gasteiger partial charge in [0.05, 0.1) is 16.9 Å². The zero-order chi connectivity index (χ0) is 19.7. The lowest BCUT2D eigenvalue weighted by molar-refractivity contribution is -0.138. The van der Waals surface area contributed by atoms with Crippen LogP contribution in [0.15, 0.2) is 48.5 Å². The SMILES string of the molecule is O=C(NCC1(O)Cc2ccccc2C1)C(=O)Nc1ccccc1C(F)(F)F. The summed E-state index contributed by atoms with van der Waals surface area (Å²) < 4.78 is 38.8. The molecule has 8 heteroatoms. The van der Waals surface area contributed by atoms with Crippen LogP contribution in [0.3, 0.4) is 0 Å². The number of rotatable bonds is 3. The number of anilines is 1. The molecule has 0 bridgehead atoms. The highest BCUT2D eigenvalue weighted by Gasteiger charge is 2.36. The Bertz CT molecular complexity index is 855. The fourth-order valence-corrected chi connectivity index (χ4v) is 3.14. The Morgan fingerprint density at radius 1 is 0.963 bits per heavy atom. The van der Waals surface area contributed by atoms with Crippen molar-refractivity contribution in [3.8, 4) is 0 Å². The van der Waals surface area contributed by atoms with Gasteiger partial charge >= 0.3 is 18.0 Å². The molecule has 2 aromatic carbocycles. The first-order chi connectivity index (χ1) is 12.7. The van der Waals surface area contributed by atoms with E-state index in [9.17, 15) is 27.9 Å². The minimum atomic E-state index is -4.66. The quantitative estimate of drug-likeness (QED) is 0.717. The first kappa shape index (κ1) is 18.9. The summed E-state index contributed by atoms with van der Waals surface area (Å²) in [6.45, 7) is -0.186. The Morgan fingerprint density at radius 3 is 2.11 bits per heavy atom. The normalized spacial score (nSPS) is 15.1. The molecule has 0 radical (unpaired) electrons. The van der Waals surface area contributed by atoms with E-state index >= 15 is 0 Å². The summed E-state index contributed by atoms with van der Waals surface area (Å²) in [7, 11) is 0. The van der Waals surface area contributed by atoms with Crippen molar-refractivity contribution in [2.75, 3.05) is 11.9 Å². The molecule has 0 spiro atoms. The lowest BCUT2D eigenvalue weighted by Gasteiger charge is -2.22. The van der Waals surface area contributed by atoms with Crippen LogP contribution in [0.1, 0.15) is 16.7 Å². The van der Waals surface area contributed by atoms with Crippen molar-refractivity contribution < 1.29 is 27.9 Å². The maximum absolute atomic E-state index is 12.9. The van der Waals surface area contributed by atoms with Gasteiger partial charge in [0.1, 0.15) is 0 Å². The van der Waals surface area contributed by atoms with Gasteiger partial charge in [0.25, 0.3) is 0 Å². The van der Waals surface area contributed by atoms with Crippen molar-refractivity contribution in [1.29, 1.82) is 0 Å². The van der Waals surface area contributed by atoms with E-state index in [1.165, 1.54) is 12.1 Å². The van der Waals surface area contributed by atoms with Gasteiger partial charge in [-0.2, -0.15) is 13.2 Å². The van der Waals surface area contributed by atoms with Crippen LogP contribution < -0.4 is 10.6 Å². The van der Waals surface area contributed by atoms with E-state index in [4.69, 9.17) is 0 Å². The van der Waals surface area contributed by atoms with Crippen molar-refractivity contribution in [3.63, 3.8) is 0 Å². The Hall–Kier alpha value is -2.87. The molecular weight excluding hydrogens is 361 g/mol. The average molecular weight is 378 g/mol. The van der Waals surface area contributed by atoms with Crippen molar-refractivity contribution in [2.24, 2.45) is 0 Å². The summed E-state index contributed by atoms with van der Waals surface area (Å²) in [6, 6.07) is 11.8. The highest BCUT2D eigenvalue weighted by Crippen LogP contribution is 2.34. The second-order valence-electron chi connectivity index (χ2n) is 6.53. The van der Waals surface area contributed by atoms with Gasteiger partial charge in [-0.1, -0.05) is 36.4 Å². The number of carbonyl (C=O) groups is 2. The number of hydrogen-bond donors (Lipinski definition) is 3. The molecule has 142 valence electrons. The van der Waals surface area contributed by atoms with Crippen LogP contribution in [-0.2, 0) is 28.6 Å². The molecule has 3 N–H and O–H groups in total. The van der Waals surface area contributed by atoms with Crippen LogP contribution in [0.4, 0.5) is 18.9 Å². The van der Waals surface area contributed by atoms with Gasteiger partial charge in [0.15, 0.2) is 0 Å². The monoisotopic (exact) mass is 378 g/mol. The van der Waals surface area contributed by atoms with Crippen molar-refractivity contribution in [3.05, 3.63) is 65.2 Å².